The van der Waals surface area contributed by atoms with E-state index in [1.165, 1.54) is 46.7 Å². The molecular weight excluding hydrogens is 1180 g/mol. The number of carbonyl (C=O) groups is 6. The zero-order valence-electron chi connectivity index (χ0n) is 52.6. The summed E-state index contributed by atoms with van der Waals surface area (Å²) in [5.74, 6) is -3.43. The van der Waals surface area contributed by atoms with Crippen LogP contribution in [0, 0.1) is 23.7 Å². The topological polar surface area (TPSA) is 413 Å². The van der Waals surface area contributed by atoms with Gasteiger partial charge in [0, 0.05) is 81.8 Å². The van der Waals surface area contributed by atoms with Crippen molar-refractivity contribution in [1.82, 2.24) is 10.6 Å². The summed E-state index contributed by atoms with van der Waals surface area (Å²) in [6.45, 7) is 22.2. The molecule has 3 aliphatic rings. The normalized spacial score (nSPS) is 29.4. The standard InChI is InChI=1S/C31H45N3O8.C31H43N3O8.HO4P.H2/c2*1-8-12-33-26-21-13-17(2)14-25(41-7)27(36)19(4)15-20(5)29(42-31(32)39)24(40-6)11-9-10-18(3)30(38)34-22(28(21)37)16-23(26)35;1-4-5(2)3;/h8-11,15-17,19,24-25,27,29,33,35-37H,1,12-14H2,2-7H3,(H2,32,39)(H,34,38);8-11,15-17,19,24-25,27,29,33,36H,1,12-14H2,2-7H3,(H2,32,39)(H,34,38);1H;1H/p+1/b2*11-9-,18-10+,20-15+;;/t2*17-,19+,24+,25+,27-,29+;;/m11../s1. The Balaban J connectivity index is 0.000000827. The zero-order valence-corrected chi connectivity index (χ0v) is 53.4. The van der Waals surface area contributed by atoms with Crippen molar-refractivity contribution >= 4 is 55.2 Å². The smallest absolute Gasteiger partial charge is 0.521 e. The van der Waals surface area contributed by atoms with Crippen LogP contribution in [0.15, 0.2) is 125 Å². The fraction of sp³-hybridized carbons (Fsp3) is 0.484. The van der Waals surface area contributed by atoms with E-state index in [4.69, 9.17) is 54.6 Å². The quantitative estimate of drug-likeness (QED) is 0.0176. The molecule has 494 valence electrons. The van der Waals surface area contributed by atoms with Crippen LogP contribution in [-0.4, -0.2) is 152 Å². The Morgan fingerprint density at radius 3 is 1.65 bits per heavy atom. The van der Waals surface area contributed by atoms with Crippen LogP contribution in [-0.2, 0) is 63.3 Å². The van der Waals surface area contributed by atoms with Gasteiger partial charge in [0.2, 0.25) is 11.6 Å². The number of Topliss-reactive ketones (excluding diaryl/α,β-unsaturated/α-hetero) is 1. The molecule has 0 radical (unpaired) electrons. The van der Waals surface area contributed by atoms with E-state index in [9.17, 15) is 49.2 Å². The number of ether oxygens (including phenoxy) is 6. The number of ketones is 2. The lowest BCUT2D eigenvalue weighted by atomic mass is 9.85. The number of nitrogens with two attached hydrogens (primary N) is 3. The largest absolute Gasteiger partial charge is 0.565 e. The highest BCUT2D eigenvalue weighted by Gasteiger charge is 2.35. The first-order valence-electron chi connectivity index (χ1n) is 28.4. The molecule has 0 spiro atoms. The molecule has 0 saturated heterocycles. The molecule has 89 heavy (non-hydrogen) atoms. The van der Waals surface area contributed by atoms with Crippen molar-refractivity contribution in [2.24, 2.45) is 35.1 Å². The zero-order chi connectivity index (χ0) is 67.4. The van der Waals surface area contributed by atoms with Gasteiger partial charge in [-0.1, -0.05) is 89.0 Å². The SMILES string of the molecule is C=CCNC1=C2C[C@@H](C)C[C@H](OC)[C@H](O)[C@@H](C)/C=C(\C)[C@H](OC(N)=O)[C@@H](OC)/C=C\C=C(/C)C(=O)NC(=CC1=O)C2=O.C=CC[NH2+]c1c(O)cc2c(O)c1C[C@@H](C)C[C@H](OC)[C@H](O)[C@@H](C)/C=C(\C)[C@H](OC(N)=O)[C@@H](OC)/C=C\C=C(/C)C(=O)N2.O=[P+]([O-])OO.[HH]. The average molecular weight is 1270 g/mol. The highest BCUT2D eigenvalue weighted by molar-refractivity contribution is 7.30. The first-order valence-corrected chi connectivity index (χ1v) is 29.5. The number of amides is 4. The maximum atomic E-state index is 13.5. The van der Waals surface area contributed by atoms with Gasteiger partial charge in [0.05, 0.1) is 53.6 Å². The van der Waals surface area contributed by atoms with Gasteiger partial charge in [-0.3, -0.25) is 19.2 Å². The second-order valence-corrected chi connectivity index (χ2v) is 22.3. The van der Waals surface area contributed by atoms with Crippen molar-refractivity contribution in [2.75, 3.05) is 46.8 Å². The molecule has 2 heterocycles. The molecule has 2 aliphatic heterocycles. The number of rotatable bonds is 13. The molecule has 0 aromatic heterocycles. The summed E-state index contributed by atoms with van der Waals surface area (Å²) in [6, 6.07) is 1.31. The van der Waals surface area contributed by atoms with Crippen molar-refractivity contribution in [2.45, 2.75) is 130 Å². The number of phenols is 2. The summed E-state index contributed by atoms with van der Waals surface area (Å²) in [5.41, 5.74) is 13.6. The number of allylic oxidation sites excluding steroid dienone is 6. The first-order chi connectivity index (χ1) is 41.9. The molecule has 13 atom stereocenters. The first kappa shape index (κ1) is 77.6. The molecule has 1 unspecified atom stereocenters. The van der Waals surface area contributed by atoms with Crippen molar-refractivity contribution in [1.29, 1.82) is 0 Å². The van der Waals surface area contributed by atoms with E-state index in [1.807, 2.05) is 20.8 Å². The Bertz CT molecular complexity index is 2940. The third-order valence-electron chi connectivity index (χ3n) is 14.6. The molecule has 4 bridgehead atoms. The number of benzene rings is 1. The van der Waals surface area contributed by atoms with Gasteiger partial charge in [0.25, 0.3) is 11.8 Å². The van der Waals surface area contributed by atoms with E-state index >= 15 is 0 Å². The van der Waals surface area contributed by atoms with Gasteiger partial charge < -0.3 is 86.5 Å². The van der Waals surface area contributed by atoms with Crippen LogP contribution in [0.2, 0.25) is 0 Å². The number of fused-ring (bicyclic) bond motifs is 4. The number of quaternary nitrogens is 1. The molecule has 1 aromatic rings. The Morgan fingerprint density at radius 2 is 1.24 bits per heavy atom. The minimum atomic E-state index is -3.04. The van der Waals surface area contributed by atoms with E-state index < -0.39 is 104 Å². The average Bonchev–Trinajstić information content (AvgIpc) is 1.06. The van der Waals surface area contributed by atoms with Gasteiger partial charge in [-0.2, -0.15) is 0 Å². The van der Waals surface area contributed by atoms with Crippen molar-refractivity contribution in [3.05, 3.63) is 131 Å². The number of primary amides is 2. The van der Waals surface area contributed by atoms with Crippen LogP contribution in [0.3, 0.4) is 0 Å². The van der Waals surface area contributed by atoms with E-state index in [0.717, 1.165) is 6.08 Å². The van der Waals surface area contributed by atoms with Crippen LogP contribution >= 0.6 is 8.25 Å². The molecule has 14 N–H and O–H groups in total. The van der Waals surface area contributed by atoms with Crippen LogP contribution in [0.4, 0.5) is 21.0 Å². The molecule has 0 saturated carbocycles. The lowest BCUT2D eigenvalue weighted by molar-refractivity contribution is -0.562. The predicted octanol–water partition coefficient (Wildman–Crippen LogP) is 5.22. The number of methoxy groups -OCH3 is 4. The fourth-order valence-corrected chi connectivity index (χ4v) is 10.0. The second-order valence-electron chi connectivity index (χ2n) is 21.6. The van der Waals surface area contributed by atoms with Gasteiger partial charge in [-0.15, -0.1) is 6.58 Å². The predicted molar refractivity (Wildman–Crippen MR) is 332 cm³/mol. The molecule has 1 aromatic carbocycles. The number of anilines is 1. The Hall–Kier alpha value is -7.46. The van der Waals surface area contributed by atoms with Crippen molar-refractivity contribution < 1.29 is 104 Å². The number of hydrogen-bond donors (Lipinski definition) is 11. The summed E-state index contributed by atoms with van der Waals surface area (Å²) in [6.07, 6.45) is 10.1. The van der Waals surface area contributed by atoms with Gasteiger partial charge in [-0.05, 0) is 87.0 Å². The second kappa shape index (κ2) is 38.8. The van der Waals surface area contributed by atoms with Gasteiger partial charge in [0.1, 0.15) is 18.0 Å². The number of aromatic hydroxyl groups is 2. The summed E-state index contributed by atoms with van der Waals surface area (Å²) in [7, 11) is 2.84. The number of phenolic OH excluding ortho intramolecular Hbond substituents is 2. The molecule has 4 rings (SSSR count). The van der Waals surface area contributed by atoms with Crippen molar-refractivity contribution in [3.63, 3.8) is 0 Å². The van der Waals surface area contributed by atoms with Crippen LogP contribution in [0.5, 0.6) is 11.5 Å². The molecule has 1 aliphatic carbocycles. The number of carbonyl (C=O) groups excluding carboxylic acids is 6. The third kappa shape index (κ3) is 24.5. The molecular formula is C62H92N6O20P+. The number of nitrogens with one attached hydrogen (secondary N) is 3. The minimum absolute atomic E-state index is 0. The van der Waals surface area contributed by atoms with Crippen LogP contribution < -0.4 is 37.6 Å². The molecule has 0 fully saturated rings. The highest BCUT2D eigenvalue weighted by Crippen LogP contribution is 2.41. The maximum absolute atomic E-state index is 13.5. The molecule has 26 nitrogen and oxygen atoms in total. The number of aliphatic hydroxyl groups is 2. The van der Waals surface area contributed by atoms with E-state index in [0.29, 0.717) is 53.8 Å². The van der Waals surface area contributed by atoms with Crippen LogP contribution in [0.1, 0.15) is 81.6 Å². The van der Waals surface area contributed by atoms with Gasteiger partial charge in [-0.25, -0.2) is 14.8 Å². The Kier molecular flexibility index (Phi) is 33.9. The fourth-order valence-electron chi connectivity index (χ4n) is 10.0. The van der Waals surface area contributed by atoms with Crippen molar-refractivity contribution in [3.8, 4) is 11.5 Å². The molecule has 27 heteroatoms. The van der Waals surface area contributed by atoms with E-state index in [2.05, 4.69) is 33.8 Å². The number of aliphatic hydroxyl groups excluding tert-OH is 2. The monoisotopic (exact) mass is 1270 g/mol. The van der Waals surface area contributed by atoms with Crippen LogP contribution in [0.25, 0.3) is 0 Å². The lowest BCUT2D eigenvalue weighted by Crippen LogP contribution is -2.78. The molecule has 4 amide bonds. The summed E-state index contributed by atoms with van der Waals surface area (Å²) in [5, 5.41) is 61.6. The number of hydrogen-bond acceptors (Lipinski definition) is 21. The summed E-state index contributed by atoms with van der Waals surface area (Å²) in [4.78, 5) is 85.0. The summed E-state index contributed by atoms with van der Waals surface area (Å²) >= 11 is 0. The minimum Gasteiger partial charge on any atom is -0.565 e. The van der Waals surface area contributed by atoms with Gasteiger partial charge >= 0.3 is 20.4 Å². The van der Waals surface area contributed by atoms with E-state index in [1.54, 1.807) is 88.5 Å². The maximum Gasteiger partial charge on any atom is 0.521 e. The Morgan fingerprint density at radius 1 is 0.775 bits per heavy atom. The lowest BCUT2D eigenvalue weighted by Gasteiger charge is -2.30. The van der Waals surface area contributed by atoms with E-state index in [-0.39, 0.29) is 66.0 Å². The highest BCUT2D eigenvalue weighted by atomic mass is 31.1. The summed E-state index contributed by atoms with van der Waals surface area (Å²) < 4.78 is 44.8. The Labute approximate surface area is 522 Å². The third-order valence-corrected chi connectivity index (χ3v) is 14.8. The van der Waals surface area contributed by atoms with Gasteiger partial charge in [0.15, 0.2) is 23.6 Å².